The van der Waals surface area contributed by atoms with Crippen molar-refractivity contribution in [3.63, 3.8) is 0 Å². The summed E-state index contributed by atoms with van der Waals surface area (Å²) in [5.74, 6) is 0. The van der Waals surface area contributed by atoms with E-state index < -0.39 is 7.67 Å². The Labute approximate surface area is 82.0 Å². The molecule has 0 amide bonds. The van der Waals surface area contributed by atoms with Gasteiger partial charge in [-0.25, -0.2) is 9.34 Å². The van der Waals surface area contributed by atoms with Gasteiger partial charge in [0.2, 0.25) is 0 Å². The van der Waals surface area contributed by atoms with E-state index in [0.717, 1.165) is 26.2 Å². The molecule has 4 nitrogen and oxygen atoms in total. The summed E-state index contributed by atoms with van der Waals surface area (Å²) in [6, 6.07) is 0. The Bertz CT molecular complexity index is 164. The van der Waals surface area contributed by atoms with Gasteiger partial charge >= 0.3 is 29.6 Å². The van der Waals surface area contributed by atoms with E-state index in [9.17, 15) is 9.46 Å². The fourth-order valence-corrected chi connectivity index (χ4v) is 2.32. The molecule has 0 aromatic carbocycles. The van der Waals surface area contributed by atoms with Crippen LogP contribution in [0.5, 0.6) is 0 Å². The number of hydrogen-bond acceptors (Lipinski definition) is 2. The van der Waals surface area contributed by atoms with Crippen LogP contribution in [-0.4, -0.2) is 35.5 Å². The molecule has 2 saturated heterocycles. The molecule has 2 heterocycles. The van der Waals surface area contributed by atoms with Crippen molar-refractivity contribution in [1.29, 1.82) is 0 Å². The summed E-state index contributed by atoms with van der Waals surface area (Å²) in [5, 5.41) is 0. The van der Waals surface area contributed by atoms with Crippen LogP contribution in [0.25, 0.3) is 0 Å². The third-order valence-corrected chi connectivity index (χ3v) is 3.79. The van der Waals surface area contributed by atoms with E-state index in [4.69, 9.17) is 0 Å². The molecule has 0 saturated carbocycles. The molecular formula is C4H8N2NaO2P. The molecular weight excluding hydrogens is 162 g/mol. The molecule has 0 N–H and O–H groups in total. The third-order valence-electron chi connectivity index (χ3n) is 1.56. The maximum Gasteiger partial charge on any atom is 1.00 e. The van der Waals surface area contributed by atoms with Crippen molar-refractivity contribution in [3.05, 3.63) is 0 Å². The maximum absolute atomic E-state index is 11.0. The molecule has 6 heteroatoms. The standard InChI is InChI=1S/C4H9N2O2P.Na/c7-9(8,5-1-2-5)6-3-4-6;/h1-4H2,(H,7,8);/q;+1/p-1. The Morgan fingerprint density at radius 3 is 1.60 bits per heavy atom. The van der Waals surface area contributed by atoms with Gasteiger partial charge in [0.25, 0.3) is 0 Å². The van der Waals surface area contributed by atoms with Crippen molar-refractivity contribution < 1.29 is 39.0 Å². The molecule has 0 aromatic rings. The Morgan fingerprint density at radius 2 is 1.40 bits per heavy atom. The van der Waals surface area contributed by atoms with Gasteiger partial charge in [0.15, 0.2) is 0 Å². The second-order valence-corrected chi connectivity index (χ2v) is 4.51. The van der Waals surface area contributed by atoms with Crippen molar-refractivity contribution in [3.8, 4) is 0 Å². The quantitative estimate of drug-likeness (QED) is 0.241. The van der Waals surface area contributed by atoms with Gasteiger partial charge in [-0.05, 0) is 0 Å². The van der Waals surface area contributed by atoms with Crippen LogP contribution in [0, 0.1) is 0 Å². The normalized spacial score (nSPS) is 25.7. The monoisotopic (exact) mass is 170 g/mol. The van der Waals surface area contributed by atoms with Gasteiger partial charge in [0.1, 0.15) is 7.67 Å². The van der Waals surface area contributed by atoms with Crippen molar-refractivity contribution in [1.82, 2.24) is 9.34 Å². The molecule has 2 rings (SSSR count). The largest absolute Gasteiger partial charge is 1.00 e. The van der Waals surface area contributed by atoms with E-state index in [2.05, 4.69) is 0 Å². The predicted octanol–water partition coefficient (Wildman–Crippen LogP) is -3.91. The third kappa shape index (κ3) is 1.64. The summed E-state index contributed by atoms with van der Waals surface area (Å²) >= 11 is 0. The second kappa shape index (κ2) is 2.87. The molecule has 0 bridgehead atoms. The molecule has 0 aliphatic carbocycles. The fourth-order valence-electron chi connectivity index (χ4n) is 0.774. The van der Waals surface area contributed by atoms with Gasteiger partial charge in [0.05, 0.1) is 0 Å². The van der Waals surface area contributed by atoms with Crippen molar-refractivity contribution in [2.24, 2.45) is 0 Å². The molecule has 0 unspecified atom stereocenters. The molecule has 2 aliphatic rings. The molecule has 2 fully saturated rings. The van der Waals surface area contributed by atoms with E-state index >= 15 is 0 Å². The molecule has 10 heavy (non-hydrogen) atoms. The van der Waals surface area contributed by atoms with Crippen molar-refractivity contribution >= 4 is 7.67 Å². The predicted molar refractivity (Wildman–Crippen MR) is 30.8 cm³/mol. The maximum atomic E-state index is 11.0. The first kappa shape index (κ1) is 9.20. The average molecular weight is 170 g/mol. The fraction of sp³-hybridized carbons (Fsp3) is 1.00. The Kier molecular flexibility index (Phi) is 2.64. The molecule has 0 radical (unpaired) electrons. The summed E-state index contributed by atoms with van der Waals surface area (Å²) in [5.41, 5.74) is 0. The number of hydrogen-bond donors (Lipinski definition) is 0. The van der Waals surface area contributed by atoms with Crippen LogP contribution in [0.1, 0.15) is 0 Å². The van der Waals surface area contributed by atoms with E-state index in [-0.39, 0.29) is 29.6 Å². The van der Waals surface area contributed by atoms with Gasteiger partial charge in [-0.15, -0.1) is 0 Å². The zero-order chi connectivity index (χ0) is 6.48. The van der Waals surface area contributed by atoms with E-state index in [1.54, 1.807) is 0 Å². The van der Waals surface area contributed by atoms with Crippen LogP contribution in [0.4, 0.5) is 0 Å². The van der Waals surface area contributed by atoms with Crippen LogP contribution in [0.2, 0.25) is 0 Å². The summed E-state index contributed by atoms with van der Waals surface area (Å²) in [6.45, 7) is 2.93. The van der Waals surface area contributed by atoms with Crippen molar-refractivity contribution in [2.75, 3.05) is 26.2 Å². The smallest absolute Gasteiger partial charge is 0.776 e. The van der Waals surface area contributed by atoms with Crippen molar-refractivity contribution in [2.45, 2.75) is 0 Å². The van der Waals surface area contributed by atoms with E-state index in [1.807, 2.05) is 0 Å². The average Bonchev–Trinajstić information content (AvgIpc) is 2.62. The molecule has 2 aliphatic heterocycles. The van der Waals surface area contributed by atoms with Crippen LogP contribution < -0.4 is 34.5 Å². The van der Waals surface area contributed by atoms with Gasteiger partial charge in [0, 0.05) is 26.2 Å². The van der Waals surface area contributed by atoms with E-state index in [1.165, 1.54) is 9.34 Å². The molecule has 52 valence electrons. The summed E-state index contributed by atoms with van der Waals surface area (Å²) < 4.78 is 14.0. The van der Waals surface area contributed by atoms with Gasteiger partial charge < -0.3 is 9.46 Å². The minimum absolute atomic E-state index is 0. The number of rotatable bonds is 2. The minimum Gasteiger partial charge on any atom is -0.776 e. The topological polar surface area (TPSA) is 46.1 Å². The van der Waals surface area contributed by atoms with Gasteiger partial charge in [-0.2, -0.15) is 0 Å². The zero-order valence-corrected chi connectivity index (χ0v) is 8.88. The number of nitrogens with zero attached hydrogens (tertiary/aromatic N) is 2. The minimum atomic E-state index is -3.20. The summed E-state index contributed by atoms with van der Waals surface area (Å²) in [4.78, 5) is 11.0. The first-order valence-corrected chi connectivity index (χ1v) is 4.56. The molecule has 0 aromatic heterocycles. The zero-order valence-electron chi connectivity index (χ0n) is 5.99. The summed E-state index contributed by atoms with van der Waals surface area (Å²) in [7, 11) is -3.20. The van der Waals surface area contributed by atoms with Crippen LogP contribution in [0.3, 0.4) is 0 Å². The van der Waals surface area contributed by atoms with Crippen LogP contribution in [0.15, 0.2) is 0 Å². The van der Waals surface area contributed by atoms with E-state index in [0.29, 0.717) is 0 Å². The second-order valence-electron chi connectivity index (χ2n) is 2.40. The molecule has 0 spiro atoms. The molecule has 0 atom stereocenters. The van der Waals surface area contributed by atoms with Crippen LogP contribution >= 0.6 is 7.67 Å². The summed E-state index contributed by atoms with van der Waals surface area (Å²) in [6.07, 6.45) is 0. The van der Waals surface area contributed by atoms with Gasteiger partial charge in [-0.3, -0.25) is 0 Å². The Balaban J connectivity index is 0.000000500. The Morgan fingerprint density at radius 1 is 1.10 bits per heavy atom. The first-order valence-electron chi connectivity index (χ1n) is 3.03. The van der Waals surface area contributed by atoms with Crippen LogP contribution in [-0.2, 0) is 4.57 Å². The first-order chi connectivity index (χ1) is 4.21. The van der Waals surface area contributed by atoms with Gasteiger partial charge in [-0.1, -0.05) is 0 Å². The Hall–Kier alpha value is 1.11. The SMILES string of the molecule is O=P([O-])(N1CC1)N1CC1.[Na+].